The van der Waals surface area contributed by atoms with Gasteiger partial charge in [0.2, 0.25) is 0 Å². The molecule has 1 aromatic carbocycles. The number of nitrogens with one attached hydrogen (secondary N) is 1. The molecule has 2 aromatic heterocycles. The lowest BCUT2D eigenvalue weighted by Gasteiger charge is -2.25. The van der Waals surface area contributed by atoms with E-state index in [4.69, 9.17) is 8.83 Å². The van der Waals surface area contributed by atoms with Crippen LogP contribution in [0.2, 0.25) is 0 Å². The lowest BCUT2D eigenvalue weighted by atomic mass is 10.0. The lowest BCUT2D eigenvalue weighted by molar-refractivity contribution is 0.0907. The average Bonchev–Trinajstić information content (AvgIpc) is 3.39. The Kier molecular flexibility index (Phi) is 4.79. The summed E-state index contributed by atoms with van der Waals surface area (Å²) in [5.41, 5.74) is 4.02. The molecule has 5 nitrogen and oxygen atoms in total. The Morgan fingerprint density at radius 1 is 1.19 bits per heavy atom. The molecule has 3 aromatic rings. The van der Waals surface area contributed by atoms with E-state index in [9.17, 15) is 4.79 Å². The molecule has 1 amide bonds. The van der Waals surface area contributed by atoms with E-state index in [1.165, 1.54) is 18.4 Å². The highest BCUT2D eigenvalue weighted by Crippen LogP contribution is 2.29. The molecule has 142 valence electrons. The molecular formula is C22H26N2O3. The van der Waals surface area contributed by atoms with Crippen LogP contribution in [0.1, 0.15) is 51.9 Å². The van der Waals surface area contributed by atoms with E-state index in [1.54, 1.807) is 6.26 Å². The summed E-state index contributed by atoms with van der Waals surface area (Å²) in [4.78, 5) is 15.2. The van der Waals surface area contributed by atoms with Gasteiger partial charge in [0.1, 0.15) is 11.3 Å². The smallest absolute Gasteiger partial charge is 0.287 e. The monoisotopic (exact) mass is 366 g/mol. The molecule has 1 N–H and O–H groups in total. The molecule has 0 radical (unpaired) electrons. The van der Waals surface area contributed by atoms with Crippen molar-refractivity contribution >= 4 is 16.9 Å². The zero-order valence-corrected chi connectivity index (χ0v) is 16.2. The van der Waals surface area contributed by atoms with E-state index < -0.39 is 0 Å². The number of hydrogen-bond acceptors (Lipinski definition) is 4. The van der Waals surface area contributed by atoms with Crippen LogP contribution in [0.5, 0.6) is 0 Å². The molecule has 27 heavy (non-hydrogen) atoms. The Balaban J connectivity index is 1.54. The highest BCUT2D eigenvalue weighted by molar-refractivity contribution is 5.99. The maximum Gasteiger partial charge on any atom is 0.287 e. The van der Waals surface area contributed by atoms with Gasteiger partial charge in [-0.2, -0.15) is 0 Å². The summed E-state index contributed by atoms with van der Waals surface area (Å²) in [5.74, 6) is 1.12. The molecule has 1 fully saturated rings. The van der Waals surface area contributed by atoms with Crippen molar-refractivity contribution < 1.29 is 13.6 Å². The van der Waals surface area contributed by atoms with Gasteiger partial charge in [-0.05, 0) is 82.1 Å². The molecule has 1 saturated heterocycles. The zero-order valence-electron chi connectivity index (χ0n) is 16.2. The van der Waals surface area contributed by atoms with Gasteiger partial charge in [0.25, 0.3) is 5.91 Å². The molecule has 0 bridgehead atoms. The van der Waals surface area contributed by atoms with Crippen LogP contribution in [0.15, 0.2) is 39.4 Å². The maximum absolute atomic E-state index is 12.8. The number of carbonyl (C=O) groups is 1. The van der Waals surface area contributed by atoms with Crippen LogP contribution in [0.3, 0.4) is 0 Å². The second-order valence-corrected chi connectivity index (χ2v) is 7.47. The summed E-state index contributed by atoms with van der Waals surface area (Å²) < 4.78 is 11.5. The normalized spacial score (nSPS) is 16.1. The Hall–Kier alpha value is -2.53. The number of amides is 1. The summed E-state index contributed by atoms with van der Waals surface area (Å²) >= 11 is 0. The van der Waals surface area contributed by atoms with Crippen LogP contribution in [-0.2, 0) is 0 Å². The quantitative estimate of drug-likeness (QED) is 0.721. The molecule has 5 heteroatoms. The van der Waals surface area contributed by atoms with Gasteiger partial charge in [0.05, 0.1) is 12.3 Å². The summed E-state index contributed by atoms with van der Waals surface area (Å²) in [6, 6.07) is 8.03. The van der Waals surface area contributed by atoms with E-state index in [0.717, 1.165) is 40.9 Å². The molecule has 0 saturated carbocycles. The number of hydrogen-bond donors (Lipinski definition) is 1. The minimum atomic E-state index is -0.172. The van der Waals surface area contributed by atoms with Crippen molar-refractivity contribution in [3.8, 4) is 0 Å². The summed E-state index contributed by atoms with van der Waals surface area (Å²) in [6.07, 6.45) is 4.06. The molecule has 1 aliphatic rings. The fraction of sp³-hybridized carbons (Fsp3) is 0.409. The first-order valence-electron chi connectivity index (χ1n) is 9.60. The number of fused-ring (bicyclic) bond motifs is 1. The van der Waals surface area contributed by atoms with E-state index in [1.807, 2.05) is 25.1 Å². The van der Waals surface area contributed by atoms with Gasteiger partial charge in [-0.15, -0.1) is 0 Å². The van der Waals surface area contributed by atoms with Gasteiger partial charge in [-0.1, -0.05) is 0 Å². The first kappa shape index (κ1) is 17.9. The molecule has 0 aliphatic carbocycles. The van der Waals surface area contributed by atoms with Crippen molar-refractivity contribution in [3.05, 3.63) is 58.7 Å². The van der Waals surface area contributed by atoms with Gasteiger partial charge in [0.15, 0.2) is 5.76 Å². The molecule has 1 atom stereocenters. The number of rotatable bonds is 5. The fourth-order valence-electron chi connectivity index (χ4n) is 3.91. The Labute approximate surface area is 159 Å². The first-order valence-corrected chi connectivity index (χ1v) is 9.60. The largest absolute Gasteiger partial charge is 0.468 e. The molecule has 3 heterocycles. The number of likely N-dealkylation sites (tertiary alicyclic amines) is 1. The SMILES string of the molecule is Cc1cc2oc(C(=O)NC[C@@H](c3ccco3)N3CCCC3)c(C)c2cc1C. The first-order chi connectivity index (χ1) is 13.0. The molecule has 4 rings (SSSR count). The Morgan fingerprint density at radius 2 is 1.93 bits per heavy atom. The van der Waals surface area contributed by atoms with Crippen molar-refractivity contribution in [1.29, 1.82) is 0 Å². The summed E-state index contributed by atoms with van der Waals surface area (Å²) in [5, 5.41) is 4.07. The van der Waals surface area contributed by atoms with Crippen LogP contribution in [0, 0.1) is 20.8 Å². The highest BCUT2D eigenvalue weighted by Gasteiger charge is 2.27. The Bertz CT molecular complexity index is 950. The standard InChI is InChI=1S/C22H26N2O3/c1-14-11-17-16(3)21(27-20(17)12-15(14)2)22(25)23-13-18(19-7-6-10-26-19)24-8-4-5-9-24/h6-7,10-12,18H,4-5,8-9,13H2,1-3H3,(H,23,25)/t18-/m0/s1. The number of benzene rings is 1. The van der Waals surface area contributed by atoms with E-state index in [0.29, 0.717) is 12.3 Å². The van der Waals surface area contributed by atoms with Crippen molar-refractivity contribution in [2.75, 3.05) is 19.6 Å². The average molecular weight is 366 g/mol. The Morgan fingerprint density at radius 3 is 2.63 bits per heavy atom. The van der Waals surface area contributed by atoms with E-state index in [2.05, 4.69) is 30.1 Å². The summed E-state index contributed by atoms with van der Waals surface area (Å²) in [6.45, 7) is 8.63. The van der Waals surface area contributed by atoms with Crippen molar-refractivity contribution in [2.24, 2.45) is 0 Å². The predicted octanol–water partition coefficient (Wildman–Crippen LogP) is 4.52. The zero-order chi connectivity index (χ0) is 19.0. The topological polar surface area (TPSA) is 58.6 Å². The lowest BCUT2D eigenvalue weighted by Crippen LogP contribution is -2.36. The third kappa shape index (κ3) is 3.39. The van der Waals surface area contributed by atoms with Gasteiger partial charge in [0, 0.05) is 17.5 Å². The summed E-state index contributed by atoms with van der Waals surface area (Å²) in [7, 11) is 0. The predicted molar refractivity (Wildman–Crippen MR) is 105 cm³/mol. The van der Waals surface area contributed by atoms with Crippen LogP contribution in [-0.4, -0.2) is 30.4 Å². The minimum absolute atomic E-state index is 0.0561. The van der Waals surface area contributed by atoms with Crippen molar-refractivity contribution in [1.82, 2.24) is 10.2 Å². The van der Waals surface area contributed by atoms with Crippen LogP contribution >= 0.6 is 0 Å². The van der Waals surface area contributed by atoms with Gasteiger partial charge >= 0.3 is 0 Å². The van der Waals surface area contributed by atoms with E-state index in [-0.39, 0.29) is 11.9 Å². The van der Waals surface area contributed by atoms with Crippen LogP contribution in [0.4, 0.5) is 0 Å². The van der Waals surface area contributed by atoms with E-state index >= 15 is 0 Å². The van der Waals surface area contributed by atoms with Crippen LogP contribution in [0.25, 0.3) is 11.0 Å². The van der Waals surface area contributed by atoms with Gasteiger partial charge < -0.3 is 14.2 Å². The third-order valence-corrected chi connectivity index (χ3v) is 5.67. The van der Waals surface area contributed by atoms with Crippen molar-refractivity contribution in [2.45, 2.75) is 39.7 Å². The second-order valence-electron chi connectivity index (χ2n) is 7.47. The minimum Gasteiger partial charge on any atom is -0.468 e. The van der Waals surface area contributed by atoms with Gasteiger partial charge in [-0.3, -0.25) is 9.69 Å². The number of nitrogens with zero attached hydrogens (tertiary/aromatic N) is 1. The van der Waals surface area contributed by atoms with Gasteiger partial charge in [-0.25, -0.2) is 0 Å². The molecule has 1 aliphatic heterocycles. The number of aryl methyl sites for hydroxylation is 3. The third-order valence-electron chi connectivity index (χ3n) is 5.67. The van der Waals surface area contributed by atoms with Crippen molar-refractivity contribution in [3.63, 3.8) is 0 Å². The molecule has 0 spiro atoms. The number of carbonyl (C=O) groups excluding carboxylic acids is 1. The maximum atomic E-state index is 12.8. The highest BCUT2D eigenvalue weighted by atomic mass is 16.3. The molecular weight excluding hydrogens is 340 g/mol. The second kappa shape index (κ2) is 7.24. The fourth-order valence-corrected chi connectivity index (χ4v) is 3.91. The van der Waals surface area contributed by atoms with Crippen LogP contribution < -0.4 is 5.32 Å². The number of furan rings is 2. The molecule has 0 unspecified atom stereocenters.